The van der Waals surface area contributed by atoms with Gasteiger partial charge in [-0.15, -0.1) is 0 Å². The van der Waals surface area contributed by atoms with Crippen LogP contribution in [0.3, 0.4) is 0 Å². The van der Waals surface area contributed by atoms with Crippen molar-refractivity contribution in [2.45, 2.75) is 13.8 Å². The Kier molecular flexibility index (Phi) is 5.16. The van der Waals surface area contributed by atoms with Gasteiger partial charge < -0.3 is 20.1 Å². The Morgan fingerprint density at radius 3 is 2.56 bits per heavy atom. The van der Waals surface area contributed by atoms with Crippen LogP contribution in [0.5, 0.6) is 0 Å². The van der Waals surface area contributed by atoms with Gasteiger partial charge in [0.2, 0.25) is 0 Å². The molecule has 100 valence electrons. The van der Waals surface area contributed by atoms with E-state index in [2.05, 4.69) is 10.6 Å². The molecule has 0 bridgehead atoms. The van der Waals surface area contributed by atoms with Gasteiger partial charge in [-0.1, -0.05) is 0 Å². The molecule has 0 aliphatic carbocycles. The van der Waals surface area contributed by atoms with Crippen molar-refractivity contribution >= 4 is 17.8 Å². The monoisotopic (exact) mass is 256 g/mol. The summed E-state index contributed by atoms with van der Waals surface area (Å²) < 4.78 is 9.52. The van der Waals surface area contributed by atoms with Crippen LogP contribution >= 0.6 is 0 Å². The van der Waals surface area contributed by atoms with Gasteiger partial charge in [0.1, 0.15) is 12.2 Å². The first-order valence-electron chi connectivity index (χ1n) is 5.68. The Balaban J connectivity index is 2.68. The summed E-state index contributed by atoms with van der Waals surface area (Å²) in [4.78, 5) is 34.2. The summed E-state index contributed by atoms with van der Waals surface area (Å²) in [6, 6.07) is 0. The molecule has 0 atom stereocenters. The number of hydrogen-bond acceptors (Lipinski definition) is 6. The zero-order valence-corrected chi connectivity index (χ0v) is 10.4. The van der Waals surface area contributed by atoms with Gasteiger partial charge in [0.25, 0.3) is 5.91 Å². The average molecular weight is 256 g/mol. The molecule has 0 saturated carbocycles. The van der Waals surface area contributed by atoms with Crippen LogP contribution in [0.4, 0.5) is 0 Å². The first-order valence-corrected chi connectivity index (χ1v) is 5.68. The van der Waals surface area contributed by atoms with Gasteiger partial charge >= 0.3 is 11.9 Å². The van der Waals surface area contributed by atoms with Crippen molar-refractivity contribution in [1.29, 1.82) is 0 Å². The lowest BCUT2D eigenvalue weighted by Crippen LogP contribution is -2.30. The second kappa shape index (κ2) is 6.63. The van der Waals surface area contributed by atoms with E-state index in [4.69, 9.17) is 9.47 Å². The fourth-order valence-corrected chi connectivity index (χ4v) is 1.43. The van der Waals surface area contributed by atoms with Crippen LogP contribution in [0, 0.1) is 0 Å². The molecule has 2 N–H and O–H groups in total. The van der Waals surface area contributed by atoms with E-state index in [0.717, 1.165) is 0 Å². The van der Waals surface area contributed by atoms with E-state index in [1.54, 1.807) is 13.8 Å². The molecule has 1 amide bonds. The van der Waals surface area contributed by atoms with Crippen molar-refractivity contribution < 1.29 is 23.9 Å². The summed E-state index contributed by atoms with van der Waals surface area (Å²) in [7, 11) is 0. The van der Waals surface area contributed by atoms with Crippen LogP contribution in [-0.4, -0.2) is 44.1 Å². The molecule has 0 spiro atoms. The molecule has 0 fully saturated rings. The molecule has 0 aromatic rings. The van der Waals surface area contributed by atoms with Crippen molar-refractivity contribution in [2.75, 3.05) is 26.3 Å². The third-order valence-corrected chi connectivity index (χ3v) is 2.19. The lowest BCUT2D eigenvalue weighted by atomic mass is 10.2. The van der Waals surface area contributed by atoms with Crippen LogP contribution in [0.15, 0.2) is 11.3 Å². The molecule has 0 saturated heterocycles. The minimum atomic E-state index is -0.567. The molecular weight excluding hydrogens is 240 g/mol. The number of nitrogens with one attached hydrogen (secondary N) is 2. The van der Waals surface area contributed by atoms with Crippen LogP contribution in [-0.2, 0) is 23.9 Å². The van der Waals surface area contributed by atoms with Crippen LogP contribution in [0.2, 0.25) is 0 Å². The summed E-state index contributed by atoms with van der Waals surface area (Å²) in [5.41, 5.74) is 0.271. The first kappa shape index (κ1) is 14.0. The zero-order chi connectivity index (χ0) is 13.5. The van der Waals surface area contributed by atoms with E-state index >= 15 is 0 Å². The molecule has 1 aliphatic rings. The largest absolute Gasteiger partial charge is 0.465 e. The number of esters is 2. The quantitative estimate of drug-likeness (QED) is 0.597. The van der Waals surface area contributed by atoms with Crippen LogP contribution < -0.4 is 10.6 Å². The highest BCUT2D eigenvalue weighted by atomic mass is 16.5. The Bertz CT molecular complexity index is 389. The summed E-state index contributed by atoms with van der Waals surface area (Å²) >= 11 is 0. The molecule has 7 nitrogen and oxygen atoms in total. The molecule has 0 aromatic carbocycles. The van der Waals surface area contributed by atoms with Gasteiger partial charge in [0.05, 0.1) is 25.3 Å². The van der Waals surface area contributed by atoms with Crippen LogP contribution in [0.1, 0.15) is 13.8 Å². The summed E-state index contributed by atoms with van der Waals surface area (Å²) in [6.07, 6.45) is 0. The maximum absolute atomic E-state index is 11.5. The highest BCUT2D eigenvalue weighted by Crippen LogP contribution is 2.10. The Morgan fingerprint density at radius 2 is 1.94 bits per heavy atom. The minimum absolute atomic E-state index is 0.0708. The van der Waals surface area contributed by atoms with Crippen molar-refractivity contribution in [3.8, 4) is 0 Å². The predicted octanol–water partition coefficient (Wildman–Crippen LogP) is -0.914. The maximum Gasteiger partial charge on any atom is 0.338 e. The number of carbonyl (C=O) groups is 3. The van der Waals surface area contributed by atoms with Gasteiger partial charge in [-0.05, 0) is 13.8 Å². The Morgan fingerprint density at radius 1 is 1.28 bits per heavy atom. The standard InChI is InChI=1S/C11H16N2O5/c1-3-17-8(14)6-12-9-7(5-13-10(9)15)11(16)18-4-2/h12H,3-6H2,1-2H3,(H,13,15). The number of carbonyl (C=O) groups excluding carboxylic acids is 3. The molecular formula is C11H16N2O5. The van der Waals surface area contributed by atoms with E-state index in [1.807, 2.05) is 0 Å². The molecule has 0 aromatic heterocycles. The van der Waals surface area contributed by atoms with E-state index in [0.29, 0.717) is 0 Å². The van der Waals surface area contributed by atoms with E-state index in [1.165, 1.54) is 0 Å². The summed E-state index contributed by atoms with van der Waals surface area (Å²) in [6.45, 7) is 3.78. The number of rotatable bonds is 6. The zero-order valence-electron chi connectivity index (χ0n) is 10.4. The second-order valence-electron chi connectivity index (χ2n) is 3.42. The number of ether oxygens (including phenoxy) is 2. The summed E-state index contributed by atoms with van der Waals surface area (Å²) in [5, 5.41) is 5.08. The molecule has 0 unspecified atom stereocenters. The Hall–Kier alpha value is -2.05. The van der Waals surface area contributed by atoms with Crippen LogP contribution in [0.25, 0.3) is 0 Å². The third-order valence-electron chi connectivity index (χ3n) is 2.19. The van der Waals surface area contributed by atoms with Crippen molar-refractivity contribution in [1.82, 2.24) is 10.6 Å². The van der Waals surface area contributed by atoms with E-state index in [9.17, 15) is 14.4 Å². The highest BCUT2D eigenvalue weighted by molar-refractivity contribution is 6.06. The highest BCUT2D eigenvalue weighted by Gasteiger charge is 2.28. The van der Waals surface area contributed by atoms with E-state index < -0.39 is 17.8 Å². The molecule has 1 heterocycles. The Labute approximate surface area is 105 Å². The summed E-state index contributed by atoms with van der Waals surface area (Å²) in [5.74, 6) is -1.49. The van der Waals surface area contributed by atoms with Gasteiger partial charge in [-0.3, -0.25) is 9.59 Å². The lowest BCUT2D eigenvalue weighted by Gasteiger charge is -2.07. The SMILES string of the molecule is CCOC(=O)CNC1=C(C(=O)OCC)CNC1=O. The topological polar surface area (TPSA) is 93.7 Å². The number of hydrogen-bond donors (Lipinski definition) is 2. The molecule has 7 heteroatoms. The van der Waals surface area contributed by atoms with Gasteiger partial charge in [-0.2, -0.15) is 0 Å². The third kappa shape index (κ3) is 3.47. The average Bonchev–Trinajstić information content (AvgIpc) is 2.69. The smallest absolute Gasteiger partial charge is 0.338 e. The van der Waals surface area contributed by atoms with Gasteiger partial charge in [-0.25, -0.2) is 4.79 Å². The van der Waals surface area contributed by atoms with Crippen molar-refractivity contribution in [3.63, 3.8) is 0 Å². The van der Waals surface area contributed by atoms with Crippen molar-refractivity contribution in [3.05, 3.63) is 11.3 Å². The molecule has 1 rings (SSSR count). The van der Waals surface area contributed by atoms with Gasteiger partial charge in [0, 0.05) is 0 Å². The second-order valence-corrected chi connectivity index (χ2v) is 3.42. The number of amides is 1. The maximum atomic E-state index is 11.5. The normalized spacial score (nSPS) is 14.2. The fourth-order valence-electron chi connectivity index (χ4n) is 1.43. The molecule has 0 radical (unpaired) electrons. The lowest BCUT2D eigenvalue weighted by molar-refractivity contribution is -0.142. The minimum Gasteiger partial charge on any atom is -0.465 e. The molecule has 1 aliphatic heterocycles. The van der Waals surface area contributed by atoms with Crippen molar-refractivity contribution in [2.24, 2.45) is 0 Å². The predicted molar refractivity (Wildman–Crippen MR) is 61.3 cm³/mol. The molecule has 18 heavy (non-hydrogen) atoms. The van der Waals surface area contributed by atoms with Gasteiger partial charge in [0.15, 0.2) is 0 Å². The van der Waals surface area contributed by atoms with E-state index in [-0.39, 0.29) is 37.6 Å². The first-order chi connectivity index (χ1) is 8.60. The fraction of sp³-hybridized carbons (Fsp3) is 0.545.